The molecule has 108 valence electrons. The summed E-state index contributed by atoms with van der Waals surface area (Å²) in [5, 5.41) is 7.72. The van der Waals surface area contributed by atoms with E-state index in [4.69, 9.17) is 9.88 Å². The van der Waals surface area contributed by atoms with Gasteiger partial charge in [0.25, 0.3) is 0 Å². The maximum absolute atomic E-state index is 11.7. The molecule has 0 saturated carbocycles. The van der Waals surface area contributed by atoms with Gasteiger partial charge < -0.3 is 10.1 Å². The highest BCUT2D eigenvalue weighted by atomic mass is 32.2. The number of ether oxygens (including phenoxy) is 1. The van der Waals surface area contributed by atoms with Crippen molar-refractivity contribution in [3.63, 3.8) is 0 Å². The molecule has 1 heterocycles. The van der Waals surface area contributed by atoms with Gasteiger partial charge in [0, 0.05) is 12.0 Å². The lowest BCUT2D eigenvalue weighted by atomic mass is 10.1. The summed E-state index contributed by atoms with van der Waals surface area (Å²) in [6.45, 7) is 3.91. The Bertz CT molecular complexity index is 549. The smallest absolute Gasteiger partial charge is 0.247 e. The second-order valence-corrected chi connectivity index (χ2v) is 7.64. The molecule has 1 aromatic heterocycles. The normalized spacial score (nSPS) is 12.4. The molecule has 0 atom stereocenters. The first kappa shape index (κ1) is 16.1. The number of nitrogens with one attached hydrogen (secondary N) is 1. The molecule has 0 radical (unpaired) electrons. The van der Waals surface area contributed by atoms with Gasteiger partial charge in [-0.05, 0) is 26.0 Å². The maximum atomic E-state index is 11.7. The lowest BCUT2D eigenvalue weighted by Crippen LogP contribution is -2.33. The predicted molar refractivity (Wildman–Crippen MR) is 73.2 cm³/mol. The Morgan fingerprint density at radius 2 is 2.11 bits per heavy atom. The Morgan fingerprint density at radius 1 is 1.47 bits per heavy atom. The molecule has 3 N–H and O–H groups in total. The van der Waals surface area contributed by atoms with Gasteiger partial charge in [-0.2, -0.15) is 0 Å². The lowest BCUT2D eigenvalue weighted by molar-refractivity contribution is -0.126. The zero-order valence-electron chi connectivity index (χ0n) is 11.1. The Kier molecular flexibility index (Phi) is 5.08. The lowest BCUT2D eigenvalue weighted by Gasteiger charge is -2.21. The van der Waals surface area contributed by atoms with Gasteiger partial charge >= 0.3 is 0 Å². The van der Waals surface area contributed by atoms with Crippen molar-refractivity contribution >= 4 is 27.3 Å². The van der Waals surface area contributed by atoms with Crippen LogP contribution in [0.2, 0.25) is 0 Å². The highest BCUT2D eigenvalue weighted by Gasteiger charge is 2.21. The number of carbonyl (C=O) groups is 1. The molecular weight excluding hydrogens is 288 g/mol. The minimum absolute atomic E-state index is 0.0916. The van der Waals surface area contributed by atoms with E-state index in [0.717, 1.165) is 16.2 Å². The van der Waals surface area contributed by atoms with Crippen LogP contribution in [0.5, 0.6) is 0 Å². The molecule has 0 aliphatic rings. The fourth-order valence-electron chi connectivity index (χ4n) is 1.31. The van der Waals surface area contributed by atoms with Gasteiger partial charge in [0.1, 0.15) is 4.21 Å². The standard InChI is InChI=1S/C11H18N2O4S2/c1-11(2,17-3)6-9(14)13-7-8-4-5-10(18-8)19(12,15)16/h4-5H,6-7H2,1-3H3,(H,13,14)(H2,12,15,16). The van der Waals surface area contributed by atoms with Crippen LogP contribution < -0.4 is 10.5 Å². The number of primary sulfonamides is 1. The van der Waals surface area contributed by atoms with Crippen LogP contribution in [0.15, 0.2) is 16.3 Å². The summed E-state index contributed by atoms with van der Waals surface area (Å²) < 4.78 is 27.4. The molecular formula is C11H18N2O4S2. The summed E-state index contributed by atoms with van der Waals surface area (Å²) in [6, 6.07) is 3.06. The summed E-state index contributed by atoms with van der Waals surface area (Å²) in [6.07, 6.45) is 0.233. The van der Waals surface area contributed by atoms with Crippen LogP contribution in [0.3, 0.4) is 0 Å². The summed E-state index contributed by atoms with van der Waals surface area (Å²) in [5.74, 6) is -0.155. The molecule has 0 aromatic carbocycles. The molecule has 1 rings (SSSR count). The van der Waals surface area contributed by atoms with Crippen LogP contribution in [0.25, 0.3) is 0 Å². The number of sulfonamides is 1. The molecule has 8 heteroatoms. The van der Waals surface area contributed by atoms with E-state index in [2.05, 4.69) is 5.32 Å². The highest BCUT2D eigenvalue weighted by molar-refractivity contribution is 7.91. The first-order valence-corrected chi connectivity index (χ1v) is 7.94. The summed E-state index contributed by atoms with van der Waals surface area (Å²) in [7, 11) is -2.12. The predicted octanol–water partition coefficient (Wildman–Crippen LogP) is 0.827. The fourth-order valence-corrected chi connectivity index (χ4v) is 3.03. The zero-order chi connectivity index (χ0) is 14.7. The van der Waals surface area contributed by atoms with Crippen molar-refractivity contribution in [2.75, 3.05) is 7.11 Å². The number of rotatable bonds is 6. The third kappa shape index (κ3) is 5.27. The van der Waals surface area contributed by atoms with Crippen molar-refractivity contribution in [3.05, 3.63) is 17.0 Å². The quantitative estimate of drug-likeness (QED) is 0.813. The first-order chi connectivity index (χ1) is 8.64. The minimum Gasteiger partial charge on any atom is -0.378 e. The number of hydrogen-bond donors (Lipinski definition) is 2. The minimum atomic E-state index is -3.67. The average Bonchev–Trinajstić information content (AvgIpc) is 2.74. The molecule has 0 aliphatic heterocycles. The van der Waals surface area contributed by atoms with Crippen LogP contribution in [0, 0.1) is 0 Å². The van der Waals surface area contributed by atoms with Gasteiger partial charge in [0.2, 0.25) is 15.9 Å². The Labute approximate surface area is 117 Å². The zero-order valence-corrected chi connectivity index (χ0v) is 12.7. The number of nitrogens with two attached hydrogens (primary N) is 1. The van der Waals surface area contributed by atoms with E-state index < -0.39 is 15.6 Å². The topological polar surface area (TPSA) is 98.5 Å². The average molecular weight is 306 g/mol. The van der Waals surface area contributed by atoms with E-state index in [1.807, 2.05) is 13.8 Å². The second-order valence-electron chi connectivity index (χ2n) is 4.68. The number of carbonyl (C=O) groups excluding carboxylic acids is 1. The van der Waals surface area contributed by atoms with Crippen LogP contribution in [0.4, 0.5) is 0 Å². The maximum Gasteiger partial charge on any atom is 0.247 e. The van der Waals surface area contributed by atoms with Crippen molar-refractivity contribution in [2.45, 2.75) is 36.6 Å². The molecule has 19 heavy (non-hydrogen) atoms. The van der Waals surface area contributed by atoms with Gasteiger partial charge in [-0.15, -0.1) is 11.3 Å². The van der Waals surface area contributed by atoms with Crippen LogP contribution >= 0.6 is 11.3 Å². The van der Waals surface area contributed by atoms with Crippen molar-refractivity contribution < 1.29 is 17.9 Å². The van der Waals surface area contributed by atoms with Gasteiger partial charge in [-0.3, -0.25) is 4.79 Å². The highest BCUT2D eigenvalue weighted by Crippen LogP contribution is 2.20. The van der Waals surface area contributed by atoms with Gasteiger partial charge in [-0.1, -0.05) is 0 Å². The third-order valence-electron chi connectivity index (χ3n) is 2.52. The third-order valence-corrected chi connectivity index (χ3v) is 5.04. The van der Waals surface area contributed by atoms with Crippen LogP contribution in [0.1, 0.15) is 25.1 Å². The van der Waals surface area contributed by atoms with E-state index in [1.165, 1.54) is 6.07 Å². The Balaban J connectivity index is 2.54. The van der Waals surface area contributed by atoms with Crippen molar-refractivity contribution in [1.29, 1.82) is 0 Å². The van der Waals surface area contributed by atoms with Crippen molar-refractivity contribution in [2.24, 2.45) is 5.14 Å². The summed E-state index contributed by atoms with van der Waals surface area (Å²) in [4.78, 5) is 12.4. The molecule has 0 unspecified atom stereocenters. The van der Waals surface area contributed by atoms with Gasteiger partial charge in [0.05, 0.1) is 18.6 Å². The molecule has 1 aromatic rings. The Morgan fingerprint density at radius 3 is 2.58 bits per heavy atom. The van der Waals surface area contributed by atoms with Gasteiger partial charge in [0.15, 0.2) is 0 Å². The van der Waals surface area contributed by atoms with E-state index in [-0.39, 0.29) is 23.1 Å². The van der Waals surface area contributed by atoms with Crippen LogP contribution in [-0.4, -0.2) is 27.0 Å². The molecule has 0 saturated heterocycles. The first-order valence-electron chi connectivity index (χ1n) is 5.57. The molecule has 6 nitrogen and oxygen atoms in total. The summed E-state index contributed by atoms with van der Waals surface area (Å²) in [5.41, 5.74) is -0.523. The molecule has 0 bridgehead atoms. The SMILES string of the molecule is COC(C)(C)CC(=O)NCc1ccc(S(N)(=O)=O)s1. The van der Waals surface area contributed by atoms with E-state index in [1.54, 1.807) is 13.2 Å². The molecule has 0 fully saturated rings. The van der Waals surface area contributed by atoms with Crippen molar-refractivity contribution in [3.8, 4) is 0 Å². The molecule has 1 amide bonds. The largest absolute Gasteiger partial charge is 0.378 e. The Hall–Kier alpha value is -0.960. The number of thiophene rings is 1. The number of methoxy groups -OCH3 is 1. The fraction of sp³-hybridized carbons (Fsp3) is 0.545. The van der Waals surface area contributed by atoms with Crippen molar-refractivity contribution in [1.82, 2.24) is 5.32 Å². The monoisotopic (exact) mass is 306 g/mol. The second kappa shape index (κ2) is 6.00. The van der Waals surface area contributed by atoms with Gasteiger partial charge in [-0.25, -0.2) is 13.6 Å². The summed E-state index contributed by atoms with van der Waals surface area (Å²) >= 11 is 1.05. The molecule has 0 spiro atoms. The van der Waals surface area contributed by atoms with E-state index in [0.29, 0.717) is 0 Å². The molecule has 0 aliphatic carbocycles. The van der Waals surface area contributed by atoms with Crippen LogP contribution in [-0.2, 0) is 26.1 Å². The number of hydrogen-bond acceptors (Lipinski definition) is 5. The van der Waals surface area contributed by atoms with E-state index >= 15 is 0 Å². The van der Waals surface area contributed by atoms with E-state index in [9.17, 15) is 13.2 Å². The number of amides is 1.